The van der Waals surface area contributed by atoms with Crippen molar-refractivity contribution >= 4 is 39.6 Å². The van der Waals surface area contributed by atoms with Gasteiger partial charge in [0.15, 0.2) is 0 Å². The van der Waals surface area contributed by atoms with E-state index in [0.717, 1.165) is 18.9 Å². The Balaban J connectivity index is 1.39. The van der Waals surface area contributed by atoms with Crippen LogP contribution in [-0.2, 0) is 14.4 Å². The number of hydrogen-bond acceptors (Lipinski definition) is 4. The predicted molar refractivity (Wildman–Crippen MR) is 105 cm³/mol. The van der Waals surface area contributed by atoms with Gasteiger partial charge in [0, 0.05) is 49.7 Å². The van der Waals surface area contributed by atoms with Crippen molar-refractivity contribution in [1.82, 2.24) is 20.4 Å². The van der Waals surface area contributed by atoms with Crippen molar-refractivity contribution in [1.29, 1.82) is 0 Å². The Morgan fingerprint density at radius 2 is 1.72 bits per heavy atom. The molecule has 1 aromatic carbocycles. The molecule has 1 aliphatic heterocycles. The maximum absolute atomic E-state index is 13.3. The van der Waals surface area contributed by atoms with Crippen LogP contribution in [0.5, 0.6) is 0 Å². The van der Waals surface area contributed by atoms with Crippen molar-refractivity contribution in [3.63, 3.8) is 0 Å². The van der Waals surface area contributed by atoms with Crippen molar-refractivity contribution < 1.29 is 23.6 Å². The summed E-state index contributed by atoms with van der Waals surface area (Å²) in [4.78, 5) is 51.4. The first-order valence-corrected chi connectivity index (χ1v) is 10.2. The van der Waals surface area contributed by atoms with Gasteiger partial charge < -0.3 is 20.4 Å². The second-order valence-electron chi connectivity index (χ2n) is 7.05. The van der Waals surface area contributed by atoms with Crippen LogP contribution >= 0.6 is 15.9 Å². The first-order valence-electron chi connectivity index (χ1n) is 9.46. The summed E-state index contributed by atoms with van der Waals surface area (Å²) in [6.07, 6.45) is 1.91. The van der Waals surface area contributed by atoms with Gasteiger partial charge >= 0.3 is 11.8 Å². The molecule has 1 saturated carbocycles. The number of rotatable bonds is 5. The molecular formula is C19H22BrFN4O4. The molecule has 3 rings (SSSR count). The zero-order valence-electron chi connectivity index (χ0n) is 15.7. The average molecular weight is 469 g/mol. The van der Waals surface area contributed by atoms with Crippen molar-refractivity contribution in [2.75, 3.05) is 32.7 Å². The van der Waals surface area contributed by atoms with Crippen LogP contribution in [0.4, 0.5) is 4.39 Å². The lowest BCUT2D eigenvalue weighted by atomic mass is 10.2. The van der Waals surface area contributed by atoms with E-state index in [4.69, 9.17) is 0 Å². The molecule has 0 spiro atoms. The molecule has 1 saturated heterocycles. The van der Waals surface area contributed by atoms with Crippen LogP contribution < -0.4 is 10.6 Å². The standard InChI is InChI=1S/C19H22BrFN4O4/c20-15-4-1-12(21)11-14(15)17(27)22-6-5-16(26)24-7-9-25(10-8-24)19(29)18(28)23-13-2-3-13/h1,4,11,13H,2-3,5-10H2,(H,22,27)(H,23,28). The van der Waals surface area contributed by atoms with Gasteiger partial charge in [-0.15, -0.1) is 0 Å². The minimum atomic E-state index is -0.585. The van der Waals surface area contributed by atoms with E-state index in [1.165, 1.54) is 17.0 Å². The maximum atomic E-state index is 13.3. The molecule has 0 bridgehead atoms. The van der Waals surface area contributed by atoms with E-state index in [2.05, 4.69) is 26.6 Å². The van der Waals surface area contributed by atoms with Gasteiger partial charge in [0.1, 0.15) is 5.82 Å². The van der Waals surface area contributed by atoms with E-state index in [0.29, 0.717) is 30.7 Å². The third-order valence-electron chi connectivity index (χ3n) is 4.82. The first kappa shape index (κ1) is 21.2. The number of benzene rings is 1. The van der Waals surface area contributed by atoms with Crippen molar-refractivity contribution in [3.8, 4) is 0 Å². The molecule has 8 nitrogen and oxygen atoms in total. The van der Waals surface area contributed by atoms with Gasteiger partial charge in [0.05, 0.1) is 5.56 Å². The SMILES string of the molecule is O=C(NC1CC1)C(=O)N1CCN(C(=O)CCNC(=O)c2cc(F)ccc2Br)CC1. The van der Waals surface area contributed by atoms with E-state index in [1.54, 1.807) is 4.90 Å². The molecule has 0 aromatic heterocycles. The Morgan fingerprint density at radius 3 is 2.38 bits per heavy atom. The summed E-state index contributed by atoms with van der Waals surface area (Å²) >= 11 is 3.19. The highest BCUT2D eigenvalue weighted by molar-refractivity contribution is 9.10. The lowest BCUT2D eigenvalue weighted by Gasteiger charge is -2.34. The van der Waals surface area contributed by atoms with Gasteiger partial charge in [-0.1, -0.05) is 0 Å². The number of carbonyl (C=O) groups excluding carboxylic acids is 4. The normalized spacial score (nSPS) is 16.3. The fourth-order valence-corrected chi connectivity index (χ4v) is 3.41. The van der Waals surface area contributed by atoms with Crippen LogP contribution in [0.25, 0.3) is 0 Å². The summed E-state index contributed by atoms with van der Waals surface area (Å²) in [5, 5.41) is 5.27. The lowest BCUT2D eigenvalue weighted by molar-refractivity contribution is -0.148. The Labute approximate surface area is 175 Å². The maximum Gasteiger partial charge on any atom is 0.312 e. The molecule has 156 valence electrons. The van der Waals surface area contributed by atoms with Gasteiger partial charge in [0.2, 0.25) is 5.91 Å². The molecule has 1 heterocycles. The summed E-state index contributed by atoms with van der Waals surface area (Å²) in [6.45, 7) is 1.38. The summed E-state index contributed by atoms with van der Waals surface area (Å²) < 4.78 is 13.8. The highest BCUT2D eigenvalue weighted by Gasteiger charge is 2.31. The lowest BCUT2D eigenvalue weighted by Crippen LogP contribution is -2.54. The van der Waals surface area contributed by atoms with E-state index < -0.39 is 23.5 Å². The minimum absolute atomic E-state index is 0.0921. The summed E-state index contributed by atoms with van der Waals surface area (Å²) in [5.41, 5.74) is 0.161. The number of hydrogen-bond donors (Lipinski definition) is 2. The van der Waals surface area contributed by atoms with Gasteiger partial charge in [-0.05, 0) is 47.0 Å². The van der Waals surface area contributed by atoms with Gasteiger partial charge in [-0.2, -0.15) is 0 Å². The van der Waals surface area contributed by atoms with Crippen LogP contribution in [0.1, 0.15) is 29.6 Å². The summed E-state index contributed by atoms with van der Waals surface area (Å²) in [7, 11) is 0. The minimum Gasteiger partial charge on any atom is -0.351 e. The second-order valence-corrected chi connectivity index (χ2v) is 7.91. The number of piperazine rings is 1. The highest BCUT2D eigenvalue weighted by Crippen LogP contribution is 2.19. The molecule has 2 fully saturated rings. The molecule has 29 heavy (non-hydrogen) atoms. The third kappa shape index (κ3) is 5.75. The Hall–Kier alpha value is -2.49. The van der Waals surface area contributed by atoms with Crippen molar-refractivity contribution in [2.45, 2.75) is 25.3 Å². The first-order chi connectivity index (χ1) is 13.8. The zero-order chi connectivity index (χ0) is 21.0. The van der Waals surface area contributed by atoms with Crippen LogP contribution in [-0.4, -0.2) is 72.2 Å². The Kier molecular flexibility index (Phi) is 6.83. The molecule has 0 unspecified atom stereocenters. The van der Waals surface area contributed by atoms with Gasteiger partial charge in [-0.25, -0.2) is 4.39 Å². The number of nitrogens with zero attached hydrogens (tertiary/aromatic N) is 2. The molecule has 2 N–H and O–H groups in total. The van der Waals surface area contributed by atoms with Crippen LogP contribution in [0.2, 0.25) is 0 Å². The quantitative estimate of drug-likeness (QED) is 0.620. The number of amides is 4. The number of carbonyl (C=O) groups is 4. The molecule has 0 atom stereocenters. The van der Waals surface area contributed by atoms with Crippen LogP contribution in [0.3, 0.4) is 0 Å². The largest absolute Gasteiger partial charge is 0.351 e. The van der Waals surface area contributed by atoms with Crippen molar-refractivity contribution in [2.24, 2.45) is 0 Å². The van der Waals surface area contributed by atoms with E-state index in [9.17, 15) is 23.6 Å². The predicted octanol–water partition coefficient (Wildman–Crippen LogP) is 0.657. The zero-order valence-corrected chi connectivity index (χ0v) is 17.3. The smallest absolute Gasteiger partial charge is 0.312 e. The van der Waals surface area contributed by atoms with E-state index in [1.807, 2.05) is 0 Å². The fourth-order valence-electron chi connectivity index (χ4n) is 2.99. The average Bonchev–Trinajstić information content (AvgIpc) is 3.53. The van der Waals surface area contributed by atoms with Crippen LogP contribution in [0.15, 0.2) is 22.7 Å². The van der Waals surface area contributed by atoms with E-state index in [-0.39, 0.29) is 30.5 Å². The van der Waals surface area contributed by atoms with Crippen LogP contribution in [0, 0.1) is 5.82 Å². The summed E-state index contributed by atoms with van der Waals surface area (Å²) in [6, 6.07) is 3.93. The number of halogens is 2. The van der Waals surface area contributed by atoms with Gasteiger partial charge in [-0.3, -0.25) is 19.2 Å². The molecule has 2 aliphatic rings. The highest BCUT2D eigenvalue weighted by atomic mass is 79.9. The molecule has 10 heteroatoms. The molecule has 0 radical (unpaired) electrons. The molecular weight excluding hydrogens is 447 g/mol. The van der Waals surface area contributed by atoms with Crippen molar-refractivity contribution in [3.05, 3.63) is 34.1 Å². The third-order valence-corrected chi connectivity index (χ3v) is 5.52. The monoisotopic (exact) mass is 468 g/mol. The second kappa shape index (κ2) is 9.34. The molecule has 1 aliphatic carbocycles. The topological polar surface area (TPSA) is 98.8 Å². The number of nitrogens with one attached hydrogen (secondary N) is 2. The summed E-state index contributed by atoms with van der Waals surface area (Å²) in [5.74, 6) is -2.29. The fraction of sp³-hybridized carbons (Fsp3) is 0.474. The molecule has 1 aromatic rings. The van der Waals surface area contributed by atoms with Gasteiger partial charge in [0.25, 0.3) is 5.91 Å². The Bertz CT molecular complexity index is 822. The van der Waals surface area contributed by atoms with E-state index >= 15 is 0 Å². The molecule has 4 amide bonds. The Morgan fingerprint density at radius 1 is 1.07 bits per heavy atom.